The molecule has 1 rings (SSSR count). The summed E-state index contributed by atoms with van der Waals surface area (Å²) in [5, 5.41) is 0. The van der Waals surface area contributed by atoms with Crippen LogP contribution >= 0.6 is 0 Å². The van der Waals surface area contributed by atoms with Crippen LogP contribution in [0.1, 0.15) is 47.0 Å². The first kappa shape index (κ1) is 14.0. The van der Waals surface area contributed by atoms with Crippen LogP contribution in [0.15, 0.2) is 0 Å². The van der Waals surface area contributed by atoms with Crippen molar-refractivity contribution in [3.63, 3.8) is 0 Å². The Morgan fingerprint density at radius 2 is 2.12 bits per heavy atom. The smallest absolute Gasteiger partial charge is 0.00475 e. The normalized spacial score (nSPS) is 26.2. The van der Waals surface area contributed by atoms with E-state index in [4.69, 9.17) is 5.73 Å². The van der Waals surface area contributed by atoms with E-state index in [0.29, 0.717) is 5.41 Å². The fourth-order valence-electron chi connectivity index (χ4n) is 2.94. The maximum atomic E-state index is 5.94. The van der Waals surface area contributed by atoms with Crippen LogP contribution in [0.3, 0.4) is 0 Å². The monoisotopic (exact) mass is 226 g/mol. The molecule has 1 aliphatic rings. The lowest BCUT2D eigenvalue weighted by Crippen LogP contribution is -2.40. The summed E-state index contributed by atoms with van der Waals surface area (Å²) in [4.78, 5) is 2.63. The molecule has 1 fully saturated rings. The van der Waals surface area contributed by atoms with Gasteiger partial charge in [-0.15, -0.1) is 0 Å². The van der Waals surface area contributed by atoms with Crippen LogP contribution in [-0.2, 0) is 0 Å². The van der Waals surface area contributed by atoms with Gasteiger partial charge in [-0.05, 0) is 43.2 Å². The molecule has 2 unspecified atom stereocenters. The van der Waals surface area contributed by atoms with E-state index in [1.165, 1.54) is 38.9 Å². The highest BCUT2D eigenvalue weighted by Gasteiger charge is 2.30. The van der Waals surface area contributed by atoms with E-state index in [0.717, 1.165) is 18.4 Å². The Morgan fingerprint density at radius 1 is 1.44 bits per heavy atom. The van der Waals surface area contributed by atoms with Crippen LogP contribution < -0.4 is 5.73 Å². The molecule has 0 radical (unpaired) electrons. The third-order valence-electron chi connectivity index (χ3n) is 4.20. The van der Waals surface area contributed by atoms with E-state index < -0.39 is 0 Å². The van der Waals surface area contributed by atoms with Crippen LogP contribution in [-0.4, -0.2) is 31.1 Å². The number of nitrogens with two attached hydrogens (primary N) is 1. The quantitative estimate of drug-likeness (QED) is 0.754. The van der Waals surface area contributed by atoms with Crippen LogP contribution in [0.25, 0.3) is 0 Å². The summed E-state index contributed by atoms with van der Waals surface area (Å²) in [6.45, 7) is 13.9. The third-order valence-corrected chi connectivity index (χ3v) is 4.20. The second-order valence-electron chi connectivity index (χ2n) is 6.29. The van der Waals surface area contributed by atoms with Gasteiger partial charge >= 0.3 is 0 Å². The van der Waals surface area contributed by atoms with E-state index in [9.17, 15) is 0 Å². The van der Waals surface area contributed by atoms with Crippen molar-refractivity contribution in [2.24, 2.45) is 23.0 Å². The Kier molecular flexibility index (Phi) is 5.26. The molecule has 0 bridgehead atoms. The van der Waals surface area contributed by atoms with E-state index in [2.05, 4.69) is 32.6 Å². The molecule has 0 aromatic heterocycles. The van der Waals surface area contributed by atoms with Gasteiger partial charge in [0.15, 0.2) is 0 Å². The van der Waals surface area contributed by atoms with Crippen molar-refractivity contribution in [1.29, 1.82) is 0 Å². The Labute approximate surface area is 102 Å². The first-order valence-electron chi connectivity index (χ1n) is 6.93. The van der Waals surface area contributed by atoms with Crippen molar-refractivity contribution >= 4 is 0 Å². The van der Waals surface area contributed by atoms with Crippen molar-refractivity contribution in [3.05, 3.63) is 0 Å². The van der Waals surface area contributed by atoms with E-state index in [-0.39, 0.29) is 0 Å². The van der Waals surface area contributed by atoms with Crippen molar-refractivity contribution in [3.8, 4) is 0 Å². The summed E-state index contributed by atoms with van der Waals surface area (Å²) in [6, 6.07) is 0. The summed E-state index contributed by atoms with van der Waals surface area (Å²) in [5.41, 5.74) is 6.27. The summed E-state index contributed by atoms with van der Waals surface area (Å²) in [6.07, 6.45) is 3.88. The van der Waals surface area contributed by atoms with Crippen molar-refractivity contribution < 1.29 is 0 Å². The molecule has 2 atom stereocenters. The molecule has 1 heterocycles. The van der Waals surface area contributed by atoms with Gasteiger partial charge in [-0.25, -0.2) is 0 Å². The van der Waals surface area contributed by atoms with Crippen molar-refractivity contribution in [2.75, 3.05) is 26.2 Å². The first-order chi connectivity index (χ1) is 7.50. The molecule has 96 valence electrons. The Balaban J connectivity index is 2.42. The molecular weight excluding hydrogens is 196 g/mol. The molecule has 2 N–H and O–H groups in total. The highest BCUT2D eigenvalue weighted by molar-refractivity contribution is 4.84. The minimum Gasteiger partial charge on any atom is -0.330 e. The van der Waals surface area contributed by atoms with Crippen LogP contribution in [0.5, 0.6) is 0 Å². The Morgan fingerprint density at radius 3 is 2.56 bits per heavy atom. The van der Waals surface area contributed by atoms with Gasteiger partial charge < -0.3 is 10.6 Å². The molecule has 2 nitrogen and oxygen atoms in total. The molecule has 2 heteroatoms. The number of hydrogen-bond acceptors (Lipinski definition) is 2. The zero-order chi connectivity index (χ0) is 12.2. The highest BCUT2D eigenvalue weighted by Crippen LogP contribution is 2.29. The lowest BCUT2D eigenvalue weighted by Gasteiger charge is -2.32. The van der Waals surface area contributed by atoms with Gasteiger partial charge in [-0.2, -0.15) is 0 Å². The predicted octanol–water partition coefficient (Wildman–Crippen LogP) is 2.73. The van der Waals surface area contributed by atoms with Gasteiger partial charge in [-0.1, -0.05) is 34.1 Å². The molecular formula is C14H30N2. The van der Waals surface area contributed by atoms with Crippen LogP contribution in [0.4, 0.5) is 0 Å². The SMILES string of the molecule is CCCC(C)(CN)CN1CCC(C(C)C)C1. The lowest BCUT2D eigenvalue weighted by molar-refractivity contribution is 0.176. The van der Waals surface area contributed by atoms with Crippen molar-refractivity contribution in [1.82, 2.24) is 4.90 Å². The fourth-order valence-corrected chi connectivity index (χ4v) is 2.94. The van der Waals surface area contributed by atoms with Crippen LogP contribution in [0, 0.1) is 17.3 Å². The molecule has 1 aliphatic heterocycles. The van der Waals surface area contributed by atoms with Gasteiger partial charge in [0, 0.05) is 13.1 Å². The average molecular weight is 226 g/mol. The Hall–Kier alpha value is -0.0800. The van der Waals surface area contributed by atoms with Gasteiger partial charge in [-0.3, -0.25) is 0 Å². The van der Waals surface area contributed by atoms with E-state index in [1.54, 1.807) is 0 Å². The Bertz CT molecular complexity index is 203. The van der Waals surface area contributed by atoms with Gasteiger partial charge in [0.1, 0.15) is 0 Å². The molecule has 0 aromatic carbocycles. The number of nitrogens with zero attached hydrogens (tertiary/aromatic N) is 1. The molecule has 1 saturated heterocycles. The molecule has 0 aromatic rings. The molecule has 0 spiro atoms. The maximum absolute atomic E-state index is 5.94. The summed E-state index contributed by atoms with van der Waals surface area (Å²) in [5.74, 6) is 1.74. The molecule has 0 amide bonds. The maximum Gasteiger partial charge on any atom is 0.00475 e. The van der Waals surface area contributed by atoms with Gasteiger partial charge in [0.05, 0.1) is 0 Å². The summed E-state index contributed by atoms with van der Waals surface area (Å²) >= 11 is 0. The standard InChI is InChI=1S/C14H30N2/c1-5-7-14(4,10-15)11-16-8-6-13(9-16)12(2)3/h12-13H,5-11,15H2,1-4H3. The zero-order valence-corrected chi connectivity index (χ0v) is 11.6. The zero-order valence-electron chi connectivity index (χ0n) is 11.6. The summed E-state index contributed by atoms with van der Waals surface area (Å²) < 4.78 is 0. The molecule has 0 aliphatic carbocycles. The number of hydrogen-bond donors (Lipinski definition) is 1. The second-order valence-corrected chi connectivity index (χ2v) is 6.29. The van der Waals surface area contributed by atoms with Gasteiger partial charge in [0.25, 0.3) is 0 Å². The minimum atomic E-state index is 0.334. The van der Waals surface area contributed by atoms with Gasteiger partial charge in [0.2, 0.25) is 0 Å². The largest absolute Gasteiger partial charge is 0.330 e. The van der Waals surface area contributed by atoms with E-state index in [1.807, 2.05) is 0 Å². The predicted molar refractivity (Wildman–Crippen MR) is 71.5 cm³/mol. The average Bonchev–Trinajstić information content (AvgIpc) is 2.66. The lowest BCUT2D eigenvalue weighted by atomic mass is 9.85. The van der Waals surface area contributed by atoms with Crippen molar-refractivity contribution in [2.45, 2.75) is 47.0 Å². The topological polar surface area (TPSA) is 29.3 Å². The molecule has 16 heavy (non-hydrogen) atoms. The molecule has 0 saturated carbocycles. The van der Waals surface area contributed by atoms with Crippen LogP contribution in [0.2, 0.25) is 0 Å². The third kappa shape index (κ3) is 3.74. The highest BCUT2D eigenvalue weighted by atomic mass is 15.2. The minimum absolute atomic E-state index is 0.334. The number of rotatable bonds is 6. The van der Waals surface area contributed by atoms with E-state index >= 15 is 0 Å². The number of likely N-dealkylation sites (tertiary alicyclic amines) is 1. The summed E-state index contributed by atoms with van der Waals surface area (Å²) in [7, 11) is 0. The fraction of sp³-hybridized carbons (Fsp3) is 1.00. The first-order valence-corrected chi connectivity index (χ1v) is 6.93. The second kappa shape index (κ2) is 6.02.